The van der Waals surface area contributed by atoms with Crippen LogP contribution in [0.15, 0.2) is 12.2 Å². The first-order valence-electron chi connectivity index (χ1n) is 32.4. The number of rotatable bonds is 61. The Hall–Kier alpha value is -1.40. The number of allylic oxidation sites excluding steroid dienone is 2. The smallest absolute Gasteiger partial charge is 0.305 e. The maximum Gasteiger partial charge on any atom is 0.305 e. The Morgan fingerprint density at radius 1 is 0.380 bits per heavy atom. The highest BCUT2D eigenvalue weighted by Gasteiger charge is 2.20. The molecule has 0 heterocycles. The third-order valence-electron chi connectivity index (χ3n) is 15.3. The van der Waals surface area contributed by atoms with E-state index in [2.05, 4.69) is 31.3 Å². The number of esters is 1. The minimum Gasteiger partial charge on any atom is -0.466 e. The van der Waals surface area contributed by atoms with Crippen molar-refractivity contribution in [2.45, 2.75) is 379 Å². The first-order chi connectivity index (χ1) is 35.0. The first-order valence-corrected chi connectivity index (χ1v) is 32.4. The van der Waals surface area contributed by atoms with Crippen LogP contribution in [0.2, 0.25) is 0 Å². The van der Waals surface area contributed by atoms with Crippen LogP contribution in [-0.4, -0.2) is 47.4 Å². The van der Waals surface area contributed by atoms with Crippen molar-refractivity contribution in [1.29, 1.82) is 0 Å². The van der Waals surface area contributed by atoms with Gasteiger partial charge >= 0.3 is 5.97 Å². The molecule has 71 heavy (non-hydrogen) atoms. The fourth-order valence-corrected chi connectivity index (χ4v) is 10.3. The van der Waals surface area contributed by atoms with Gasteiger partial charge in [0, 0.05) is 12.8 Å². The van der Waals surface area contributed by atoms with Crippen molar-refractivity contribution < 1.29 is 24.5 Å². The molecule has 0 aromatic rings. The molecule has 2 atom stereocenters. The minimum absolute atomic E-state index is 0.00600. The van der Waals surface area contributed by atoms with E-state index in [1.807, 2.05) is 0 Å². The molecule has 0 aliphatic carbocycles. The van der Waals surface area contributed by atoms with Crippen LogP contribution in [0, 0.1) is 0 Å². The molecule has 0 aliphatic heterocycles. The van der Waals surface area contributed by atoms with E-state index in [1.165, 1.54) is 289 Å². The SMILES string of the molecule is CCCC/C=C\CCCCCCCC(=O)OCCCCCCCCCCCCCCCCCCCCCCCCCCCC(=O)NC(CO)C(O)CCCCCCCCCCCCCCCCCCCC. The first kappa shape index (κ1) is 69.6. The summed E-state index contributed by atoms with van der Waals surface area (Å²) >= 11 is 0. The number of ether oxygens (including phenoxy) is 1. The van der Waals surface area contributed by atoms with Gasteiger partial charge in [-0.3, -0.25) is 9.59 Å². The van der Waals surface area contributed by atoms with Crippen LogP contribution < -0.4 is 5.32 Å². The van der Waals surface area contributed by atoms with Gasteiger partial charge < -0.3 is 20.3 Å². The zero-order valence-corrected chi connectivity index (χ0v) is 48.2. The molecule has 422 valence electrons. The molecule has 0 saturated carbocycles. The summed E-state index contributed by atoms with van der Waals surface area (Å²) in [4.78, 5) is 24.5. The molecule has 0 fully saturated rings. The molecule has 2 unspecified atom stereocenters. The van der Waals surface area contributed by atoms with E-state index in [0.29, 0.717) is 25.9 Å². The Labute approximate surface area is 444 Å². The molecule has 0 spiro atoms. The largest absolute Gasteiger partial charge is 0.466 e. The van der Waals surface area contributed by atoms with Gasteiger partial charge in [-0.25, -0.2) is 0 Å². The number of hydrogen-bond acceptors (Lipinski definition) is 5. The van der Waals surface area contributed by atoms with Gasteiger partial charge in [-0.1, -0.05) is 321 Å². The van der Waals surface area contributed by atoms with Gasteiger partial charge in [-0.2, -0.15) is 0 Å². The number of hydrogen-bond donors (Lipinski definition) is 3. The number of aliphatic hydroxyl groups is 2. The Bertz CT molecular complexity index is 1060. The second-order valence-electron chi connectivity index (χ2n) is 22.5. The molecule has 0 aromatic carbocycles. The average molecular weight is 1000 g/mol. The second-order valence-corrected chi connectivity index (χ2v) is 22.5. The summed E-state index contributed by atoms with van der Waals surface area (Å²) < 4.78 is 5.46. The van der Waals surface area contributed by atoms with Gasteiger partial charge in [0.05, 0.1) is 25.4 Å². The van der Waals surface area contributed by atoms with E-state index in [0.717, 1.165) is 44.9 Å². The van der Waals surface area contributed by atoms with Crippen LogP contribution in [0.1, 0.15) is 367 Å². The topological polar surface area (TPSA) is 95.9 Å². The predicted molar refractivity (Wildman–Crippen MR) is 310 cm³/mol. The molecule has 1 amide bonds. The highest BCUT2D eigenvalue weighted by atomic mass is 16.5. The summed E-state index contributed by atoms with van der Waals surface area (Å²) in [5.74, 6) is -0.0236. The van der Waals surface area contributed by atoms with Crippen molar-refractivity contribution in [2.24, 2.45) is 0 Å². The molecule has 0 aliphatic rings. The third kappa shape index (κ3) is 57.7. The van der Waals surface area contributed by atoms with Gasteiger partial charge in [0.2, 0.25) is 5.91 Å². The second kappa shape index (κ2) is 61.1. The Morgan fingerprint density at radius 3 is 1.04 bits per heavy atom. The maximum atomic E-state index is 12.5. The van der Waals surface area contributed by atoms with E-state index >= 15 is 0 Å². The Kier molecular flexibility index (Phi) is 59.9. The van der Waals surface area contributed by atoms with Crippen LogP contribution in [0.25, 0.3) is 0 Å². The molecule has 0 saturated heterocycles. The monoisotopic (exact) mass is 1000 g/mol. The van der Waals surface area contributed by atoms with Gasteiger partial charge in [0.15, 0.2) is 0 Å². The highest BCUT2D eigenvalue weighted by molar-refractivity contribution is 5.76. The molecule has 3 N–H and O–H groups in total. The van der Waals surface area contributed by atoms with Crippen LogP contribution in [0.4, 0.5) is 0 Å². The predicted octanol–water partition coefficient (Wildman–Crippen LogP) is 20.4. The molecule has 6 nitrogen and oxygen atoms in total. The van der Waals surface area contributed by atoms with Gasteiger partial charge in [-0.15, -0.1) is 0 Å². The quantitative estimate of drug-likeness (QED) is 0.0320. The van der Waals surface area contributed by atoms with Crippen LogP contribution in [0.3, 0.4) is 0 Å². The molecular weight excluding hydrogens is 875 g/mol. The lowest BCUT2D eigenvalue weighted by molar-refractivity contribution is -0.143. The number of nitrogens with one attached hydrogen (secondary N) is 1. The molecule has 0 bridgehead atoms. The van der Waals surface area contributed by atoms with E-state index in [-0.39, 0.29) is 18.5 Å². The number of aliphatic hydroxyl groups excluding tert-OH is 2. The number of unbranched alkanes of at least 4 members (excludes halogenated alkanes) is 48. The molecular formula is C65H127NO5. The molecule has 0 aromatic heterocycles. The lowest BCUT2D eigenvalue weighted by Gasteiger charge is -2.22. The zero-order chi connectivity index (χ0) is 51.4. The van der Waals surface area contributed by atoms with Gasteiger partial charge in [0.1, 0.15) is 0 Å². The van der Waals surface area contributed by atoms with E-state index < -0.39 is 12.1 Å². The van der Waals surface area contributed by atoms with E-state index in [1.54, 1.807) is 0 Å². The van der Waals surface area contributed by atoms with Crippen molar-refractivity contribution in [2.75, 3.05) is 13.2 Å². The van der Waals surface area contributed by atoms with E-state index in [4.69, 9.17) is 4.74 Å². The van der Waals surface area contributed by atoms with Crippen LogP contribution in [0.5, 0.6) is 0 Å². The van der Waals surface area contributed by atoms with Crippen molar-refractivity contribution in [1.82, 2.24) is 5.32 Å². The molecule has 6 heteroatoms. The summed E-state index contributed by atoms with van der Waals surface area (Å²) in [5.41, 5.74) is 0. The Morgan fingerprint density at radius 2 is 0.676 bits per heavy atom. The maximum absolute atomic E-state index is 12.5. The summed E-state index contributed by atoms with van der Waals surface area (Å²) in [6, 6.07) is -0.540. The van der Waals surface area contributed by atoms with Crippen molar-refractivity contribution in [3.8, 4) is 0 Å². The summed E-state index contributed by atoms with van der Waals surface area (Å²) in [7, 11) is 0. The zero-order valence-electron chi connectivity index (χ0n) is 48.2. The fraction of sp³-hybridized carbons (Fsp3) is 0.938. The lowest BCUT2D eigenvalue weighted by atomic mass is 10.0. The molecule has 0 rings (SSSR count). The van der Waals surface area contributed by atoms with Crippen LogP contribution >= 0.6 is 0 Å². The summed E-state index contributed by atoms with van der Waals surface area (Å²) in [5, 5.41) is 23.4. The average Bonchev–Trinajstić information content (AvgIpc) is 3.37. The van der Waals surface area contributed by atoms with Crippen molar-refractivity contribution in [3.63, 3.8) is 0 Å². The van der Waals surface area contributed by atoms with Gasteiger partial charge in [0.25, 0.3) is 0 Å². The summed E-state index contributed by atoms with van der Waals surface area (Å²) in [6.07, 6.45) is 73.8. The summed E-state index contributed by atoms with van der Waals surface area (Å²) in [6.45, 7) is 4.95. The van der Waals surface area contributed by atoms with Crippen LogP contribution in [-0.2, 0) is 14.3 Å². The normalized spacial score (nSPS) is 12.6. The Balaban J connectivity index is 3.36. The van der Waals surface area contributed by atoms with Gasteiger partial charge in [-0.05, 0) is 44.9 Å². The minimum atomic E-state index is -0.663. The molecule has 0 radical (unpaired) electrons. The third-order valence-corrected chi connectivity index (χ3v) is 15.3. The van der Waals surface area contributed by atoms with Crippen molar-refractivity contribution >= 4 is 11.9 Å². The number of carbonyl (C=O) groups is 2. The van der Waals surface area contributed by atoms with E-state index in [9.17, 15) is 19.8 Å². The number of carbonyl (C=O) groups excluding carboxylic acids is 2. The number of amides is 1. The highest BCUT2D eigenvalue weighted by Crippen LogP contribution is 2.19. The lowest BCUT2D eigenvalue weighted by Crippen LogP contribution is -2.45. The van der Waals surface area contributed by atoms with Crippen molar-refractivity contribution in [3.05, 3.63) is 12.2 Å². The fourth-order valence-electron chi connectivity index (χ4n) is 10.3. The standard InChI is InChI=1S/C65H127NO5/c1-3-5-7-9-11-13-15-16-17-18-28-31-34-38-41-45-49-53-57-63(68)62(61-67)66-64(69)58-54-50-46-42-39-35-32-29-26-24-22-20-19-21-23-25-27-30-33-36-40-44-48-52-56-60-71-65(70)59-55-51-47-43-37-14-12-10-8-6-4-2/h10,12,62-63,67-68H,3-9,11,13-61H2,1-2H3,(H,66,69)/b12-10-.